The molecule has 6 heteroatoms. The number of aromatic nitrogens is 2. The molecule has 1 saturated carbocycles. The third-order valence-corrected chi connectivity index (χ3v) is 3.93. The molecule has 0 unspecified atom stereocenters. The number of carbonyl (C=O) groups excluding carboxylic acids is 1. The average Bonchev–Trinajstić information content (AvgIpc) is 3.05. The van der Waals surface area contributed by atoms with Gasteiger partial charge in [0.05, 0.1) is 10.2 Å². The van der Waals surface area contributed by atoms with Crippen LogP contribution in [0, 0.1) is 13.8 Å². The first-order chi connectivity index (χ1) is 7.99. The molecule has 1 aromatic rings. The lowest BCUT2D eigenvalue weighted by Crippen LogP contribution is -2.35. The Morgan fingerprint density at radius 2 is 2.18 bits per heavy atom. The van der Waals surface area contributed by atoms with Crippen molar-refractivity contribution in [3.63, 3.8) is 0 Å². The van der Waals surface area contributed by atoms with E-state index in [2.05, 4.69) is 26.2 Å². The van der Waals surface area contributed by atoms with E-state index in [-0.39, 0.29) is 18.1 Å². The first-order valence-corrected chi connectivity index (χ1v) is 6.31. The van der Waals surface area contributed by atoms with Crippen LogP contribution in [0.4, 0.5) is 0 Å². The molecule has 1 aromatic heterocycles. The third kappa shape index (κ3) is 2.74. The van der Waals surface area contributed by atoms with Crippen molar-refractivity contribution in [1.29, 1.82) is 0 Å². The Bertz CT molecular complexity index is 520. The second kappa shape index (κ2) is 4.60. The standard InChI is InChI=1S/C11H14BrN3O2/c1-6-10(12)7(2)15(11(17)13-6)5-9(16)14-8-3-4-8/h8H,3-5H2,1-2H3,(H,14,16). The van der Waals surface area contributed by atoms with Gasteiger partial charge >= 0.3 is 5.69 Å². The van der Waals surface area contributed by atoms with Gasteiger partial charge in [-0.15, -0.1) is 0 Å². The number of hydrogen-bond acceptors (Lipinski definition) is 3. The van der Waals surface area contributed by atoms with E-state index in [1.807, 2.05) is 0 Å². The maximum absolute atomic E-state index is 11.7. The summed E-state index contributed by atoms with van der Waals surface area (Å²) >= 11 is 3.36. The first kappa shape index (κ1) is 12.3. The Morgan fingerprint density at radius 3 is 2.76 bits per heavy atom. The van der Waals surface area contributed by atoms with Gasteiger partial charge in [0.25, 0.3) is 0 Å². The fourth-order valence-corrected chi connectivity index (χ4v) is 1.91. The van der Waals surface area contributed by atoms with Gasteiger partial charge in [-0.3, -0.25) is 9.36 Å². The van der Waals surface area contributed by atoms with Gasteiger partial charge in [0.15, 0.2) is 0 Å². The second-order valence-corrected chi connectivity index (χ2v) is 5.10. The summed E-state index contributed by atoms with van der Waals surface area (Å²) in [5, 5.41) is 2.85. The normalized spacial score (nSPS) is 14.8. The molecule has 1 heterocycles. The lowest BCUT2D eigenvalue weighted by atomic mass is 10.3. The topological polar surface area (TPSA) is 64.0 Å². The number of carbonyl (C=O) groups is 1. The van der Waals surface area contributed by atoms with E-state index in [1.54, 1.807) is 13.8 Å². The Kier molecular flexibility index (Phi) is 3.33. The smallest absolute Gasteiger partial charge is 0.348 e. The number of aryl methyl sites for hydroxylation is 1. The van der Waals surface area contributed by atoms with Gasteiger partial charge in [-0.2, -0.15) is 4.98 Å². The van der Waals surface area contributed by atoms with Crippen LogP contribution in [0.25, 0.3) is 0 Å². The van der Waals surface area contributed by atoms with Crippen molar-refractivity contribution in [2.75, 3.05) is 0 Å². The highest BCUT2D eigenvalue weighted by molar-refractivity contribution is 9.10. The van der Waals surface area contributed by atoms with E-state index in [0.29, 0.717) is 11.7 Å². The summed E-state index contributed by atoms with van der Waals surface area (Å²) < 4.78 is 2.16. The fraction of sp³-hybridized carbons (Fsp3) is 0.545. The molecule has 0 saturated heterocycles. The van der Waals surface area contributed by atoms with Crippen LogP contribution in [0.15, 0.2) is 9.27 Å². The van der Waals surface area contributed by atoms with Crippen LogP contribution >= 0.6 is 15.9 Å². The summed E-state index contributed by atoms with van der Waals surface area (Å²) in [6, 6.07) is 0.306. The zero-order valence-electron chi connectivity index (χ0n) is 9.79. The zero-order valence-corrected chi connectivity index (χ0v) is 11.4. The molecular formula is C11H14BrN3O2. The number of rotatable bonds is 3. The minimum atomic E-state index is -0.380. The Morgan fingerprint density at radius 1 is 1.53 bits per heavy atom. The number of amides is 1. The molecule has 0 aliphatic heterocycles. The SMILES string of the molecule is Cc1nc(=O)n(CC(=O)NC2CC2)c(C)c1Br. The lowest BCUT2D eigenvalue weighted by molar-refractivity contribution is -0.121. The van der Waals surface area contributed by atoms with Gasteiger partial charge in [0.2, 0.25) is 5.91 Å². The van der Waals surface area contributed by atoms with Crippen LogP contribution in [-0.2, 0) is 11.3 Å². The van der Waals surface area contributed by atoms with E-state index >= 15 is 0 Å². The van der Waals surface area contributed by atoms with Crippen LogP contribution in [0.2, 0.25) is 0 Å². The fourth-order valence-electron chi connectivity index (χ4n) is 1.61. The van der Waals surface area contributed by atoms with Crippen molar-refractivity contribution < 1.29 is 4.79 Å². The van der Waals surface area contributed by atoms with Crippen LogP contribution in [0.1, 0.15) is 24.2 Å². The lowest BCUT2D eigenvalue weighted by Gasteiger charge is -2.11. The Labute approximate surface area is 107 Å². The quantitative estimate of drug-likeness (QED) is 0.902. The Hall–Kier alpha value is -1.17. The minimum absolute atomic E-state index is 0.0348. The summed E-state index contributed by atoms with van der Waals surface area (Å²) in [6.07, 6.45) is 2.07. The number of hydrogen-bond donors (Lipinski definition) is 1. The van der Waals surface area contributed by atoms with Crippen LogP contribution in [0.5, 0.6) is 0 Å². The van der Waals surface area contributed by atoms with Crippen LogP contribution in [0.3, 0.4) is 0 Å². The van der Waals surface area contributed by atoms with Gasteiger partial charge < -0.3 is 5.32 Å². The molecule has 2 rings (SSSR count). The number of nitrogens with one attached hydrogen (secondary N) is 1. The minimum Gasteiger partial charge on any atom is -0.352 e. The summed E-state index contributed by atoms with van der Waals surface area (Å²) in [5.74, 6) is -0.129. The maximum atomic E-state index is 11.7. The van der Waals surface area contributed by atoms with Gasteiger partial charge in [0, 0.05) is 11.7 Å². The molecule has 0 aromatic carbocycles. The van der Waals surface area contributed by atoms with Crippen molar-refractivity contribution in [1.82, 2.24) is 14.9 Å². The molecular weight excluding hydrogens is 286 g/mol. The predicted octanol–water partition coefficient (Wildman–Crippen LogP) is 0.901. The number of halogens is 1. The molecule has 1 aliphatic rings. The highest BCUT2D eigenvalue weighted by Crippen LogP contribution is 2.19. The molecule has 1 N–H and O–H groups in total. The predicted molar refractivity (Wildman–Crippen MR) is 66.8 cm³/mol. The van der Waals surface area contributed by atoms with E-state index in [4.69, 9.17) is 0 Å². The molecule has 1 aliphatic carbocycles. The van der Waals surface area contributed by atoms with Gasteiger partial charge in [0.1, 0.15) is 6.54 Å². The molecule has 17 heavy (non-hydrogen) atoms. The summed E-state index contributed by atoms with van der Waals surface area (Å²) in [5.41, 5.74) is 0.994. The van der Waals surface area contributed by atoms with Gasteiger partial charge in [-0.25, -0.2) is 4.79 Å². The average molecular weight is 300 g/mol. The first-order valence-electron chi connectivity index (χ1n) is 5.52. The van der Waals surface area contributed by atoms with Crippen molar-refractivity contribution >= 4 is 21.8 Å². The van der Waals surface area contributed by atoms with Crippen LogP contribution < -0.4 is 11.0 Å². The summed E-state index contributed by atoms with van der Waals surface area (Å²) in [7, 11) is 0. The molecule has 0 radical (unpaired) electrons. The monoisotopic (exact) mass is 299 g/mol. The van der Waals surface area contributed by atoms with Crippen molar-refractivity contribution in [2.24, 2.45) is 0 Å². The molecule has 0 spiro atoms. The second-order valence-electron chi connectivity index (χ2n) is 4.31. The summed E-state index contributed by atoms with van der Waals surface area (Å²) in [4.78, 5) is 27.2. The van der Waals surface area contributed by atoms with E-state index in [9.17, 15) is 9.59 Å². The van der Waals surface area contributed by atoms with Crippen molar-refractivity contribution in [3.8, 4) is 0 Å². The molecule has 92 valence electrons. The highest BCUT2D eigenvalue weighted by atomic mass is 79.9. The molecule has 0 bridgehead atoms. The molecule has 1 fully saturated rings. The van der Waals surface area contributed by atoms with Gasteiger partial charge in [-0.05, 0) is 42.6 Å². The van der Waals surface area contributed by atoms with E-state index in [0.717, 1.165) is 23.0 Å². The van der Waals surface area contributed by atoms with Gasteiger partial charge in [-0.1, -0.05) is 0 Å². The van der Waals surface area contributed by atoms with E-state index in [1.165, 1.54) is 4.57 Å². The Balaban J connectivity index is 2.22. The molecule has 1 amide bonds. The molecule has 5 nitrogen and oxygen atoms in total. The molecule has 0 atom stereocenters. The zero-order chi connectivity index (χ0) is 12.6. The third-order valence-electron chi connectivity index (χ3n) is 2.78. The van der Waals surface area contributed by atoms with E-state index < -0.39 is 0 Å². The van der Waals surface area contributed by atoms with Crippen LogP contribution in [-0.4, -0.2) is 21.5 Å². The van der Waals surface area contributed by atoms with Crippen molar-refractivity contribution in [2.45, 2.75) is 39.3 Å². The maximum Gasteiger partial charge on any atom is 0.348 e. The van der Waals surface area contributed by atoms with Crippen molar-refractivity contribution in [3.05, 3.63) is 26.3 Å². The largest absolute Gasteiger partial charge is 0.352 e. The highest BCUT2D eigenvalue weighted by Gasteiger charge is 2.23. The summed E-state index contributed by atoms with van der Waals surface area (Å²) in [6.45, 7) is 3.59. The number of nitrogens with zero attached hydrogens (tertiary/aromatic N) is 2.